The molecule has 0 radical (unpaired) electrons. The number of hydrogen-bond acceptors (Lipinski definition) is 3. The number of carboxylic acid groups (broad SMARTS) is 1. The number of hydrogen-bond donors (Lipinski definition) is 1. The first-order chi connectivity index (χ1) is 10.4. The molecule has 0 atom stereocenters. The summed E-state index contributed by atoms with van der Waals surface area (Å²) in [7, 11) is 0. The number of carbonyl (C=O) groups excluding carboxylic acids is 1. The van der Waals surface area contributed by atoms with E-state index < -0.39 is 11.4 Å². The minimum Gasteiger partial charge on any atom is -0.481 e. The zero-order valence-corrected chi connectivity index (χ0v) is 12.9. The standard InChI is InChI=1S/C17H21NO4/c1-17(2,15(19)20)14-8-10-18(11-9-14)16(21)22-12-13-6-4-3-5-7-13/h3-8H,9-12H2,1-2H3,(H,19,20). The summed E-state index contributed by atoms with van der Waals surface area (Å²) >= 11 is 0. The predicted molar refractivity (Wildman–Crippen MR) is 82.3 cm³/mol. The molecule has 22 heavy (non-hydrogen) atoms. The summed E-state index contributed by atoms with van der Waals surface area (Å²) in [6, 6.07) is 9.50. The van der Waals surface area contributed by atoms with Gasteiger partial charge < -0.3 is 14.7 Å². The highest BCUT2D eigenvalue weighted by atomic mass is 16.6. The summed E-state index contributed by atoms with van der Waals surface area (Å²) in [5.74, 6) is -0.848. The van der Waals surface area contributed by atoms with Crippen LogP contribution in [0.5, 0.6) is 0 Å². The molecule has 118 valence electrons. The minimum atomic E-state index is -0.889. The summed E-state index contributed by atoms with van der Waals surface area (Å²) in [6.07, 6.45) is 2.01. The van der Waals surface area contributed by atoms with Crippen molar-refractivity contribution in [2.45, 2.75) is 26.9 Å². The SMILES string of the molecule is CC(C)(C(=O)O)C1=CCN(C(=O)OCc2ccccc2)CC1. The molecule has 2 rings (SSSR count). The molecule has 1 N–H and O–H groups in total. The van der Waals surface area contributed by atoms with Crippen molar-refractivity contribution in [3.8, 4) is 0 Å². The van der Waals surface area contributed by atoms with Crippen LogP contribution in [-0.2, 0) is 16.1 Å². The zero-order chi connectivity index (χ0) is 16.2. The normalized spacial score (nSPS) is 15.2. The third kappa shape index (κ3) is 3.67. The quantitative estimate of drug-likeness (QED) is 0.868. The van der Waals surface area contributed by atoms with Gasteiger partial charge in [0.2, 0.25) is 0 Å². The fourth-order valence-electron chi connectivity index (χ4n) is 2.35. The minimum absolute atomic E-state index is 0.243. The largest absolute Gasteiger partial charge is 0.481 e. The lowest BCUT2D eigenvalue weighted by Crippen LogP contribution is -2.38. The molecule has 0 aromatic heterocycles. The van der Waals surface area contributed by atoms with Crippen LogP contribution in [0, 0.1) is 5.41 Å². The van der Waals surface area contributed by atoms with Gasteiger partial charge in [-0.2, -0.15) is 0 Å². The van der Waals surface area contributed by atoms with Gasteiger partial charge in [0.05, 0.1) is 5.41 Å². The average Bonchev–Trinajstić information content (AvgIpc) is 2.53. The number of nitrogens with zero attached hydrogens (tertiary/aromatic N) is 1. The van der Waals surface area contributed by atoms with Gasteiger partial charge in [-0.05, 0) is 25.8 Å². The molecule has 1 amide bonds. The van der Waals surface area contributed by atoms with Crippen molar-refractivity contribution in [2.75, 3.05) is 13.1 Å². The molecule has 0 bridgehead atoms. The molecule has 0 fully saturated rings. The van der Waals surface area contributed by atoms with Crippen LogP contribution in [0.2, 0.25) is 0 Å². The summed E-state index contributed by atoms with van der Waals surface area (Å²) in [4.78, 5) is 24.9. The van der Waals surface area contributed by atoms with Gasteiger partial charge in [0.1, 0.15) is 6.61 Å². The van der Waals surface area contributed by atoms with Gasteiger partial charge >= 0.3 is 12.1 Å². The van der Waals surface area contributed by atoms with E-state index in [1.165, 1.54) is 0 Å². The number of ether oxygens (including phenoxy) is 1. The second-order valence-electron chi connectivity index (χ2n) is 5.90. The molecule has 0 unspecified atom stereocenters. The molecule has 1 aromatic carbocycles. The monoisotopic (exact) mass is 303 g/mol. The van der Waals surface area contributed by atoms with Gasteiger partial charge in [-0.3, -0.25) is 4.79 Å². The van der Waals surface area contributed by atoms with Gasteiger partial charge in [-0.15, -0.1) is 0 Å². The highest BCUT2D eigenvalue weighted by Gasteiger charge is 2.33. The number of aliphatic carboxylic acids is 1. The third-order valence-electron chi connectivity index (χ3n) is 4.01. The van der Waals surface area contributed by atoms with Crippen molar-refractivity contribution < 1.29 is 19.4 Å². The Morgan fingerprint density at radius 2 is 1.95 bits per heavy atom. The van der Waals surface area contributed by atoms with E-state index in [0.29, 0.717) is 19.5 Å². The second kappa shape index (κ2) is 6.64. The molecule has 1 heterocycles. The smallest absolute Gasteiger partial charge is 0.410 e. The molecular formula is C17H21NO4. The van der Waals surface area contributed by atoms with E-state index in [-0.39, 0.29) is 12.7 Å². The van der Waals surface area contributed by atoms with Gasteiger partial charge in [0.15, 0.2) is 0 Å². The van der Waals surface area contributed by atoms with Crippen molar-refractivity contribution in [1.29, 1.82) is 0 Å². The molecule has 1 aromatic rings. The predicted octanol–water partition coefficient (Wildman–Crippen LogP) is 3.07. The van der Waals surface area contributed by atoms with Crippen molar-refractivity contribution in [3.05, 3.63) is 47.5 Å². The van der Waals surface area contributed by atoms with E-state index in [1.807, 2.05) is 36.4 Å². The van der Waals surface area contributed by atoms with E-state index in [2.05, 4.69) is 0 Å². The van der Waals surface area contributed by atoms with Crippen LogP contribution >= 0.6 is 0 Å². The van der Waals surface area contributed by atoms with Crippen molar-refractivity contribution in [2.24, 2.45) is 5.41 Å². The van der Waals surface area contributed by atoms with Crippen LogP contribution in [0.15, 0.2) is 42.0 Å². The number of amides is 1. The van der Waals surface area contributed by atoms with Gasteiger partial charge in [0, 0.05) is 13.1 Å². The number of benzene rings is 1. The molecule has 0 saturated heterocycles. The average molecular weight is 303 g/mol. The second-order valence-corrected chi connectivity index (χ2v) is 5.90. The molecule has 0 saturated carbocycles. The molecule has 1 aliphatic rings. The lowest BCUT2D eigenvalue weighted by molar-refractivity contribution is -0.144. The first-order valence-corrected chi connectivity index (χ1v) is 7.30. The van der Waals surface area contributed by atoms with Gasteiger partial charge in [-0.25, -0.2) is 4.79 Å². The first-order valence-electron chi connectivity index (χ1n) is 7.30. The van der Waals surface area contributed by atoms with E-state index >= 15 is 0 Å². The molecule has 0 aliphatic carbocycles. The summed E-state index contributed by atoms with van der Waals surface area (Å²) in [6.45, 7) is 4.48. The maximum Gasteiger partial charge on any atom is 0.410 e. The van der Waals surface area contributed by atoms with Gasteiger partial charge in [-0.1, -0.05) is 42.0 Å². The Bertz CT molecular complexity index is 578. The van der Waals surface area contributed by atoms with Crippen molar-refractivity contribution >= 4 is 12.1 Å². The highest BCUT2D eigenvalue weighted by molar-refractivity contribution is 5.78. The topological polar surface area (TPSA) is 66.8 Å². The van der Waals surface area contributed by atoms with Gasteiger partial charge in [0.25, 0.3) is 0 Å². The summed E-state index contributed by atoms with van der Waals surface area (Å²) in [5, 5.41) is 9.23. The number of rotatable bonds is 4. The fourth-order valence-corrected chi connectivity index (χ4v) is 2.35. The van der Waals surface area contributed by atoms with Crippen LogP contribution in [0.4, 0.5) is 4.79 Å². The fraction of sp³-hybridized carbons (Fsp3) is 0.412. The van der Waals surface area contributed by atoms with E-state index in [1.54, 1.807) is 18.7 Å². The van der Waals surface area contributed by atoms with Crippen LogP contribution in [0.25, 0.3) is 0 Å². The Balaban J connectivity index is 1.89. The Morgan fingerprint density at radius 1 is 1.27 bits per heavy atom. The Labute approximate surface area is 130 Å². The third-order valence-corrected chi connectivity index (χ3v) is 4.01. The lowest BCUT2D eigenvalue weighted by atomic mass is 9.81. The van der Waals surface area contributed by atoms with Crippen LogP contribution < -0.4 is 0 Å². The maximum absolute atomic E-state index is 12.0. The Morgan fingerprint density at radius 3 is 2.50 bits per heavy atom. The van der Waals surface area contributed by atoms with Crippen molar-refractivity contribution in [3.63, 3.8) is 0 Å². The summed E-state index contributed by atoms with van der Waals surface area (Å²) < 4.78 is 5.28. The Kier molecular flexibility index (Phi) is 4.85. The molecule has 0 spiro atoms. The molecule has 5 heteroatoms. The molecule has 1 aliphatic heterocycles. The summed E-state index contributed by atoms with van der Waals surface area (Å²) in [5.41, 5.74) is 0.906. The number of carboxylic acids is 1. The van der Waals surface area contributed by atoms with E-state index in [9.17, 15) is 14.7 Å². The van der Waals surface area contributed by atoms with E-state index in [4.69, 9.17) is 4.74 Å². The lowest BCUT2D eigenvalue weighted by Gasteiger charge is -2.31. The number of carbonyl (C=O) groups is 2. The van der Waals surface area contributed by atoms with Crippen LogP contribution in [0.1, 0.15) is 25.8 Å². The van der Waals surface area contributed by atoms with Crippen molar-refractivity contribution in [1.82, 2.24) is 4.90 Å². The molecule has 5 nitrogen and oxygen atoms in total. The van der Waals surface area contributed by atoms with Crippen LogP contribution in [0.3, 0.4) is 0 Å². The highest BCUT2D eigenvalue weighted by Crippen LogP contribution is 2.31. The van der Waals surface area contributed by atoms with E-state index in [0.717, 1.165) is 11.1 Å². The molecular weight excluding hydrogens is 282 g/mol. The maximum atomic E-state index is 12.0. The first kappa shape index (κ1) is 16.1. The Hall–Kier alpha value is -2.30. The zero-order valence-electron chi connectivity index (χ0n) is 12.9. The van der Waals surface area contributed by atoms with Crippen LogP contribution in [-0.4, -0.2) is 35.2 Å².